The number of benzene rings is 1. The molecule has 0 atom stereocenters. The summed E-state index contributed by atoms with van der Waals surface area (Å²) in [7, 11) is 0. The first-order chi connectivity index (χ1) is 7.97. The lowest BCUT2D eigenvalue weighted by Gasteiger charge is -2.06. The van der Waals surface area contributed by atoms with E-state index in [0.29, 0.717) is 5.02 Å². The number of hydrogen-bond donors (Lipinski definition) is 2. The quantitative estimate of drug-likeness (QED) is 0.636. The lowest BCUT2D eigenvalue weighted by Crippen LogP contribution is -2.38. The molecule has 1 amide bonds. The lowest BCUT2D eigenvalue weighted by molar-refractivity contribution is -0.119. The van der Waals surface area contributed by atoms with Crippen molar-refractivity contribution in [1.29, 1.82) is 0 Å². The van der Waals surface area contributed by atoms with Crippen molar-refractivity contribution in [1.82, 2.24) is 5.32 Å². The first-order valence-corrected chi connectivity index (χ1v) is 5.72. The minimum Gasteiger partial charge on any atom is -0.370 e. The molecule has 1 aromatic rings. The van der Waals surface area contributed by atoms with Crippen molar-refractivity contribution in [3.63, 3.8) is 0 Å². The normalized spacial score (nSPS) is 11.6. The maximum Gasteiger partial charge on any atom is 0.231 e. The maximum absolute atomic E-state index is 11.6. The highest BCUT2D eigenvalue weighted by molar-refractivity contribution is 6.30. The van der Waals surface area contributed by atoms with E-state index in [0.717, 1.165) is 5.56 Å². The Morgan fingerprint density at radius 3 is 2.53 bits per heavy atom. The lowest BCUT2D eigenvalue weighted by atomic mass is 10.1. The Hall–Kier alpha value is -1.55. The minimum atomic E-state index is -0.186. The number of amides is 1. The molecule has 0 bridgehead atoms. The molecule has 0 radical (unpaired) electrons. The van der Waals surface area contributed by atoms with Crippen LogP contribution < -0.4 is 11.1 Å². The third kappa shape index (κ3) is 5.36. The Morgan fingerprint density at radius 1 is 1.41 bits per heavy atom. The predicted octanol–water partition coefficient (Wildman–Crippen LogP) is 1.72. The average Bonchev–Trinajstić information content (AvgIpc) is 2.19. The van der Waals surface area contributed by atoms with Gasteiger partial charge in [0.25, 0.3) is 0 Å². The van der Waals surface area contributed by atoms with Gasteiger partial charge in [0.05, 0.1) is 6.42 Å². The van der Waals surface area contributed by atoms with Gasteiger partial charge in [-0.05, 0) is 31.5 Å². The summed E-state index contributed by atoms with van der Waals surface area (Å²) < 4.78 is 0. The second kappa shape index (κ2) is 6.25. The van der Waals surface area contributed by atoms with E-state index in [9.17, 15) is 4.79 Å². The van der Waals surface area contributed by atoms with Gasteiger partial charge in [-0.15, -0.1) is 0 Å². The summed E-state index contributed by atoms with van der Waals surface area (Å²) in [6.07, 6.45) is 0.255. The monoisotopic (exact) mass is 253 g/mol. The van der Waals surface area contributed by atoms with Gasteiger partial charge in [-0.3, -0.25) is 15.1 Å². The van der Waals surface area contributed by atoms with Crippen LogP contribution in [0.15, 0.2) is 29.3 Å². The summed E-state index contributed by atoms with van der Waals surface area (Å²) in [4.78, 5) is 15.6. The molecule has 5 heteroatoms. The van der Waals surface area contributed by atoms with Gasteiger partial charge in [0.1, 0.15) is 0 Å². The molecular formula is C12H16ClN3O. The molecule has 0 saturated carbocycles. The van der Waals surface area contributed by atoms with Crippen molar-refractivity contribution in [2.45, 2.75) is 26.3 Å². The molecule has 0 heterocycles. The van der Waals surface area contributed by atoms with Crippen LogP contribution in [-0.2, 0) is 11.2 Å². The molecule has 17 heavy (non-hydrogen) atoms. The molecule has 0 aliphatic rings. The third-order valence-electron chi connectivity index (χ3n) is 1.94. The van der Waals surface area contributed by atoms with E-state index in [4.69, 9.17) is 17.3 Å². The van der Waals surface area contributed by atoms with Crippen molar-refractivity contribution < 1.29 is 4.79 Å². The van der Waals surface area contributed by atoms with Crippen LogP contribution in [0.2, 0.25) is 5.02 Å². The number of nitrogens with two attached hydrogens (primary N) is 1. The molecule has 0 spiro atoms. The highest BCUT2D eigenvalue weighted by Gasteiger charge is 2.05. The molecule has 92 valence electrons. The fraction of sp³-hybridized carbons (Fsp3) is 0.333. The number of aliphatic imine (C=N–C) groups is 1. The van der Waals surface area contributed by atoms with Gasteiger partial charge in [0, 0.05) is 11.1 Å². The van der Waals surface area contributed by atoms with Crippen LogP contribution in [0, 0.1) is 0 Å². The Labute approximate surface area is 106 Å². The number of nitrogens with one attached hydrogen (secondary N) is 1. The molecule has 0 aliphatic heterocycles. The Bertz CT molecular complexity index is 412. The molecule has 1 rings (SSSR count). The molecule has 0 aliphatic carbocycles. The number of nitrogens with zero attached hydrogens (tertiary/aromatic N) is 1. The summed E-state index contributed by atoms with van der Waals surface area (Å²) >= 11 is 5.75. The number of guanidine groups is 1. The fourth-order valence-corrected chi connectivity index (χ4v) is 1.41. The molecule has 3 N–H and O–H groups in total. The Morgan fingerprint density at radius 2 is 2.00 bits per heavy atom. The van der Waals surface area contributed by atoms with Gasteiger partial charge in [-0.2, -0.15) is 0 Å². The van der Waals surface area contributed by atoms with Crippen LogP contribution in [0.3, 0.4) is 0 Å². The summed E-state index contributed by atoms with van der Waals surface area (Å²) in [5.74, 6) is -0.0341. The number of halogens is 1. The topological polar surface area (TPSA) is 67.5 Å². The standard InChI is InChI=1S/C12H16ClN3O/c1-8(2)15-12(14)16-11(17)7-9-3-5-10(13)6-4-9/h3-6,8H,7H2,1-2H3,(H3,14,15,16,17). The van der Waals surface area contributed by atoms with Crippen molar-refractivity contribution in [3.05, 3.63) is 34.9 Å². The minimum absolute atomic E-state index is 0.0610. The SMILES string of the molecule is CC(C)N=C(N)NC(=O)Cc1ccc(Cl)cc1. The maximum atomic E-state index is 11.6. The highest BCUT2D eigenvalue weighted by Crippen LogP contribution is 2.09. The largest absolute Gasteiger partial charge is 0.370 e. The molecular weight excluding hydrogens is 238 g/mol. The summed E-state index contributed by atoms with van der Waals surface area (Å²) in [6.45, 7) is 3.77. The summed E-state index contributed by atoms with van der Waals surface area (Å²) in [5.41, 5.74) is 6.43. The Kier molecular flexibility index (Phi) is 4.97. The molecule has 0 fully saturated rings. The smallest absolute Gasteiger partial charge is 0.231 e. The van der Waals surface area contributed by atoms with Gasteiger partial charge >= 0.3 is 0 Å². The molecule has 0 unspecified atom stereocenters. The van der Waals surface area contributed by atoms with E-state index >= 15 is 0 Å². The summed E-state index contributed by atoms with van der Waals surface area (Å²) in [5, 5.41) is 3.18. The van der Waals surface area contributed by atoms with Crippen LogP contribution >= 0.6 is 11.6 Å². The highest BCUT2D eigenvalue weighted by atomic mass is 35.5. The average molecular weight is 254 g/mol. The van der Waals surface area contributed by atoms with E-state index in [1.165, 1.54) is 0 Å². The Balaban J connectivity index is 2.53. The van der Waals surface area contributed by atoms with Crippen molar-refractivity contribution in [2.24, 2.45) is 10.7 Å². The molecule has 1 aromatic carbocycles. The van der Waals surface area contributed by atoms with Gasteiger partial charge in [0.2, 0.25) is 5.91 Å². The van der Waals surface area contributed by atoms with Crippen LogP contribution in [0.25, 0.3) is 0 Å². The van der Waals surface area contributed by atoms with E-state index < -0.39 is 0 Å². The zero-order chi connectivity index (χ0) is 12.8. The predicted molar refractivity (Wildman–Crippen MR) is 70.1 cm³/mol. The van der Waals surface area contributed by atoms with Crippen molar-refractivity contribution >= 4 is 23.5 Å². The first kappa shape index (κ1) is 13.5. The number of hydrogen-bond acceptors (Lipinski definition) is 2. The zero-order valence-electron chi connectivity index (χ0n) is 9.90. The van der Waals surface area contributed by atoms with Crippen LogP contribution in [0.4, 0.5) is 0 Å². The number of carbonyl (C=O) groups excluding carboxylic acids is 1. The van der Waals surface area contributed by atoms with E-state index in [1.54, 1.807) is 24.3 Å². The van der Waals surface area contributed by atoms with Gasteiger partial charge in [-0.25, -0.2) is 0 Å². The molecule has 0 saturated heterocycles. The van der Waals surface area contributed by atoms with Gasteiger partial charge in [-0.1, -0.05) is 23.7 Å². The van der Waals surface area contributed by atoms with Crippen molar-refractivity contribution in [2.75, 3.05) is 0 Å². The third-order valence-corrected chi connectivity index (χ3v) is 2.19. The van der Waals surface area contributed by atoms with Crippen LogP contribution in [-0.4, -0.2) is 17.9 Å². The van der Waals surface area contributed by atoms with Gasteiger partial charge in [0.15, 0.2) is 5.96 Å². The van der Waals surface area contributed by atoms with Crippen LogP contribution in [0.5, 0.6) is 0 Å². The second-order valence-electron chi connectivity index (χ2n) is 3.96. The summed E-state index contributed by atoms with van der Waals surface area (Å²) in [6, 6.07) is 7.16. The fourth-order valence-electron chi connectivity index (χ4n) is 1.29. The molecule has 0 aromatic heterocycles. The van der Waals surface area contributed by atoms with Crippen molar-refractivity contribution in [3.8, 4) is 0 Å². The number of carbonyl (C=O) groups is 1. The van der Waals surface area contributed by atoms with E-state index in [-0.39, 0.29) is 24.3 Å². The number of rotatable bonds is 3. The molecule has 4 nitrogen and oxygen atoms in total. The van der Waals surface area contributed by atoms with E-state index in [2.05, 4.69) is 10.3 Å². The van der Waals surface area contributed by atoms with Gasteiger partial charge < -0.3 is 5.73 Å². The zero-order valence-corrected chi connectivity index (χ0v) is 10.7. The van der Waals surface area contributed by atoms with E-state index in [1.807, 2.05) is 13.8 Å². The first-order valence-electron chi connectivity index (χ1n) is 5.35. The second-order valence-corrected chi connectivity index (χ2v) is 4.40. The van der Waals surface area contributed by atoms with Crippen LogP contribution in [0.1, 0.15) is 19.4 Å².